The van der Waals surface area contributed by atoms with Crippen molar-refractivity contribution in [1.29, 1.82) is 0 Å². The van der Waals surface area contributed by atoms with Gasteiger partial charge in [0, 0.05) is 10.4 Å². The molecule has 0 heterocycles. The first-order valence-corrected chi connectivity index (χ1v) is 7.17. The van der Waals surface area contributed by atoms with E-state index in [0.29, 0.717) is 5.92 Å². The third kappa shape index (κ3) is 3.71. The van der Waals surface area contributed by atoms with Gasteiger partial charge < -0.3 is 10.5 Å². The van der Waals surface area contributed by atoms with E-state index in [-0.39, 0.29) is 0 Å². The summed E-state index contributed by atoms with van der Waals surface area (Å²) >= 11 is 3.45. The number of halogens is 1. The second-order valence-corrected chi connectivity index (χ2v) is 5.72. The lowest BCUT2D eigenvalue weighted by atomic mass is 9.92. The molecule has 2 nitrogen and oxygen atoms in total. The van der Waals surface area contributed by atoms with Gasteiger partial charge in [-0.3, -0.25) is 0 Å². The molecule has 1 fully saturated rings. The third-order valence-corrected chi connectivity index (χ3v) is 4.12. The molecular formula is C14H20BrNO. The molecule has 0 aromatic heterocycles. The van der Waals surface area contributed by atoms with Crippen molar-refractivity contribution in [2.45, 2.75) is 25.7 Å². The molecule has 2 rings (SSSR count). The molecule has 0 saturated heterocycles. The summed E-state index contributed by atoms with van der Waals surface area (Å²) < 4.78 is 6.90. The van der Waals surface area contributed by atoms with Crippen molar-refractivity contribution in [1.82, 2.24) is 0 Å². The monoisotopic (exact) mass is 297 g/mol. The number of ether oxygens (including phenoxy) is 1. The van der Waals surface area contributed by atoms with Crippen LogP contribution in [0.1, 0.15) is 25.7 Å². The van der Waals surface area contributed by atoms with E-state index in [2.05, 4.69) is 15.9 Å². The molecule has 0 bridgehead atoms. The Bertz CT molecular complexity index is 350. The fourth-order valence-electron chi connectivity index (χ4n) is 2.59. The summed E-state index contributed by atoms with van der Waals surface area (Å²) in [4.78, 5) is 0. The van der Waals surface area contributed by atoms with Crippen molar-refractivity contribution in [2.75, 3.05) is 13.2 Å². The Morgan fingerprint density at radius 3 is 2.76 bits per heavy atom. The van der Waals surface area contributed by atoms with Crippen LogP contribution in [-0.4, -0.2) is 13.2 Å². The Kier molecular flexibility index (Phi) is 4.86. The van der Waals surface area contributed by atoms with Gasteiger partial charge in [0.15, 0.2) is 0 Å². The molecule has 1 aliphatic rings. The quantitative estimate of drug-likeness (QED) is 0.901. The Morgan fingerprint density at radius 1 is 1.35 bits per heavy atom. The van der Waals surface area contributed by atoms with Gasteiger partial charge in [-0.15, -0.1) is 0 Å². The normalized spacial score (nSPS) is 18.2. The Labute approximate surface area is 112 Å². The van der Waals surface area contributed by atoms with Gasteiger partial charge in [0.1, 0.15) is 5.75 Å². The molecule has 0 amide bonds. The van der Waals surface area contributed by atoms with Crippen LogP contribution in [0.15, 0.2) is 28.7 Å². The summed E-state index contributed by atoms with van der Waals surface area (Å²) in [6.07, 6.45) is 5.36. The standard InChI is InChI=1S/C14H20BrNO/c15-13-6-3-7-14(8-13)17-10-12(9-16)11-4-1-2-5-11/h3,6-8,11-12H,1-2,4-5,9-10,16H2. The van der Waals surface area contributed by atoms with Gasteiger partial charge in [-0.2, -0.15) is 0 Å². The van der Waals surface area contributed by atoms with E-state index in [0.717, 1.165) is 29.3 Å². The Hall–Kier alpha value is -0.540. The maximum atomic E-state index is 5.86. The second-order valence-electron chi connectivity index (χ2n) is 4.81. The van der Waals surface area contributed by atoms with Crippen molar-refractivity contribution in [3.05, 3.63) is 28.7 Å². The second kappa shape index (κ2) is 6.41. The first-order valence-electron chi connectivity index (χ1n) is 6.38. The number of nitrogens with two attached hydrogens (primary N) is 1. The van der Waals surface area contributed by atoms with Crippen molar-refractivity contribution < 1.29 is 4.74 Å². The van der Waals surface area contributed by atoms with Crippen LogP contribution in [0.4, 0.5) is 0 Å². The van der Waals surface area contributed by atoms with E-state index in [1.165, 1.54) is 25.7 Å². The lowest BCUT2D eigenvalue weighted by Crippen LogP contribution is -2.27. The maximum Gasteiger partial charge on any atom is 0.120 e. The molecule has 17 heavy (non-hydrogen) atoms. The highest BCUT2D eigenvalue weighted by Gasteiger charge is 2.24. The van der Waals surface area contributed by atoms with E-state index < -0.39 is 0 Å². The molecule has 1 unspecified atom stereocenters. The van der Waals surface area contributed by atoms with Crippen LogP contribution in [0.25, 0.3) is 0 Å². The minimum atomic E-state index is 0.511. The zero-order chi connectivity index (χ0) is 12.1. The average molecular weight is 298 g/mol. The fraction of sp³-hybridized carbons (Fsp3) is 0.571. The highest BCUT2D eigenvalue weighted by Crippen LogP contribution is 2.31. The molecule has 1 aromatic carbocycles. The van der Waals surface area contributed by atoms with E-state index in [4.69, 9.17) is 10.5 Å². The Morgan fingerprint density at radius 2 is 2.12 bits per heavy atom. The first-order chi connectivity index (χ1) is 8.29. The topological polar surface area (TPSA) is 35.2 Å². The lowest BCUT2D eigenvalue weighted by molar-refractivity contribution is 0.200. The smallest absolute Gasteiger partial charge is 0.120 e. The van der Waals surface area contributed by atoms with Gasteiger partial charge in [-0.05, 0) is 30.7 Å². The van der Waals surface area contributed by atoms with E-state index in [1.54, 1.807) is 0 Å². The third-order valence-electron chi connectivity index (χ3n) is 3.63. The maximum absolute atomic E-state index is 5.86. The van der Waals surface area contributed by atoms with Gasteiger partial charge in [0.2, 0.25) is 0 Å². The van der Waals surface area contributed by atoms with Crippen LogP contribution in [0.3, 0.4) is 0 Å². The molecule has 2 N–H and O–H groups in total. The molecular weight excluding hydrogens is 278 g/mol. The molecule has 1 aromatic rings. The zero-order valence-electron chi connectivity index (χ0n) is 10.1. The van der Waals surface area contributed by atoms with Crippen molar-refractivity contribution in [2.24, 2.45) is 17.6 Å². The summed E-state index contributed by atoms with van der Waals surface area (Å²) in [6, 6.07) is 7.99. The van der Waals surface area contributed by atoms with Crippen LogP contribution >= 0.6 is 15.9 Å². The highest BCUT2D eigenvalue weighted by molar-refractivity contribution is 9.10. The molecule has 0 spiro atoms. The van der Waals surface area contributed by atoms with Crippen LogP contribution in [0, 0.1) is 11.8 Å². The average Bonchev–Trinajstić information content (AvgIpc) is 2.84. The number of hydrogen-bond donors (Lipinski definition) is 1. The van der Waals surface area contributed by atoms with Gasteiger partial charge in [0.05, 0.1) is 6.61 Å². The van der Waals surface area contributed by atoms with Gasteiger partial charge >= 0.3 is 0 Å². The van der Waals surface area contributed by atoms with Gasteiger partial charge in [-0.1, -0.05) is 47.7 Å². The van der Waals surface area contributed by atoms with E-state index >= 15 is 0 Å². The minimum Gasteiger partial charge on any atom is -0.493 e. The lowest BCUT2D eigenvalue weighted by Gasteiger charge is -2.22. The molecule has 0 radical (unpaired) electrons. The molecule has 1 aliphatic carbocycles. The van der Waals surface area contributed by atoms with Crippen LogP contribution in [-0.2, 0) is 0 Å². The van der Waals surface area contributed by atoms with Crippen molar-refractivity contribution in [3.63, 3.8) is 0 Å². The number of hydrogen-bond acceptors (Lipinski definition) is 2. The van der Waals surface area contributed by atoms with Crippen LogP contribution in [0.2, 0.25) is 0 Å². The van der Waals surface area contributed by atoms with Crippen molar-refractivity contribution >= 4 is 15.9 Å². The first kappa shape index (κ1) is 12.9. The van der Waals surface area contributed by atoms with Crippen molar-refractivity contribution in [3.8, 4) is 5.75 Å². The summed E-state index contributed by atoms with van der Waals surface area (Å²) in [5.74, 6) is 2.21. The number of rotatable bonds is 5. The summed E-state index contributed by atoms with van der Waals surface area (Å²) in [6.45, 7) is 1.48. The molecule has 3 heteroatoms. The minimum absolute atomic E-state index is 0.511. The fourth-order valence-corrected chi connectivity index (χ4v) is 2.96. The van der Waals surface area contributed by atoms with Crippen LogP contribution < -0.4 is 10.5 Å². The van der Waals surface area contributed by atoms with Crippen LogP contribution in [0.5, 0.6) is 5.75 Å². The van der Waals surface area contributed by atoms with E-state index in [1.807, 2.05) is 24.3 Å². The largest absolute Gasteiger partial charge is 0.493 e. The van der Waals surface area contributed by atoms with Gasteiger partial charge in [-0.25, -0.2) is 0 Å². The number of benzene rings is 1. The summed E-state index contributed by atoms with van der Waals surface area (Å²) in [7, 11) is 0. The Balaban J connectivity index is 1.87. The molecule has 1 atom stereocenters. The van der Waals surface area contributed by atoms with E-state index in [9.17, 15) is 0 Å². The molecule has 0 aliphatic heterocycles. The molecule has 1 saturated carbocycles. The zero-order valence-corrected chi connectivity index (χ0v) is 11.7. The SMILES string of the molecule is NCC(COc1cccc(Br)c1)C1CCCC1. The predicted molar refractivity (Wildman–Crippen MR) is 74.1 cm³/mol. The molecule has 94 valence electrons. The summed E-state index contributed by atoms with van der Waals surface area (Å²) in [5.41, 5.74) is 5.86. The summed E-state index contributed by atoms with van der Waals surface area (Å²) in [5, 5.41) is 0. The van der Waals surface area contributed by atoms with Gasteiger partial charge in [0.25, 0.3) is 0 Å². The predicted octanol–water partition coefficient (Wildman–Crippen LogP) is 3.59. The highest BCUT2D eigenvalue weighted by atomic mass is 79.9.